The Morgan fingerprint density at radius 1 is 1.00 bits per heavy atom. The lowest BCUT2D eigenvalue weighted by molar-refractivity contribution is -0.113. The molecule has 2 aliphatic heterocycles. The highest BCUT2D eigenvalue weighted by Crippen LogP contribution is 2.31. The maximum atomic E-state index is 13.1. The van der Waals surface area contributed by atoms with Gasteiger partial charge in [0.2, 0.25) is 0 Å². The van der Waals surface area contributed by atoms with Crippen molar-refractivity contribution >= 4 is 41.6 Å². The molecule has 0 aromatic heterocycles. The molecule has 5 rings (SSSR count). The Morgan fingerprint density at radius 2 is 1.73 bits per heavy atom. The second kappa shape index (κ2) is 12.7. The van der Waals surface area contributed by atoms with E-state index >= 15 is 0 Å². The van der Waals surface area contributed by atoms with E-state index in [1.807, 2.05) is 36.4 Å². The van der Waals surface area contributed by atoms with Crippen LogP contribution in [0.4, 0.5) is 5.69 Å². The molecule has 3 aromatic carbocycles. The first-order valence-electron chi connectivity index (χ1n) is 13.0. The van der Waals surface area contributed by atoms with Gasteiger partial charge in [-0.25, -0.2) is 0 Å². The minimum Gasteiger partial charge on any atom is -0.493 e. The van der Waals surface area contributed by atoms with Gasteiger partial charge in [-0.15, -0.1) is 24.0 Å². The number of piperidine rings is 1. The summed E-state index contributed by atoms with van der Waals surface area (Å²) < 4.78 is 5.95. The lowest BCUT2D eigenvalue weighted by Crippen LogP contribution is -2.37. The summed E-state index contributed by atoms with van der Waals surface area (Å²) in [5.74, 6) is 0.723. The van der Waals surface area contributed by atoms with E-state index in [0.717, 1.165) is 45.7 Å². The fraction of sp³-hybridized carbons (Fsp3) is 0.323. The average Bonchev–Trinajstić information content (AvgIpc) is 3.13. The topological polar surface area (TPSA) is 67.6 Å². The molecule has 194 valence electrons. The number of carbonyl (C=O) groups excluding carboxylic acids is 1. The maximum absolute atomic E-state index is 13.1. The molecule has 1 saturated heterocycles. The van der Waals surface area contributed by atoms with Crippen LogP contribution in [0.2, 0.25) is 0 Å². The number of amides is 1. The van der Waals surface area contributed by atoms with Gasteiger partial charge in [0.25, 0.3) is 5.91 Å². The molecule has 1 amide bonds. The van der Waals surface area contributed by atoms with Gasteiger partial charge in [-0.3, -0.25) is 4.79 Å². The van der Waals surface area contributed by atoms with Crippen molar-refractivity contribution in [3.63, 3.8) is 0 Å². The normalized spacial score (nSPS) is 17.5. The Hall–Kier alpha value is -2.68. The minimum absolute atomic E-state index is 0. The summed E-state index contributed by atoms with van der Waals surface area (Å²) in [5.41, 5.74) is 12.8. The fourth-order valence-electron chi connectivity index (χ4n) is 5.13. The first kappa shape index (κ1) is 27.4. The maximum Gasteiger partial charge on any atom is 0.251 e. The molecule has 3 aromatic rings. The summed E-state index contributed by atoms with van der Waals surface area (Å²) in [4.78, 5) is 15.6. The van der Waals surface area contributed by atoms with Gasteiger partial charge in [0.05, 0.1) is 6.61 Å². The number of hydrogen-bond acceptors (Lipinski definition) is 4. The number of nitrogens with one attached hydrogen (secondary N) is 1. The number of hydrogen-bond donors (Lipinski definition) is 2. The van der Waals surface area contributed by atoms with Gasteiger partial charge in [-0.2, -0.15) is 0 Å². The predicted octanol–water partition coefficient (Wildman–Crippen LogP) is 6.26. The third-order valence-corrected chi connectivity index (χ3v) is 7.39. The van der Waals surface area contributed by atoms with E-state index in [0.29, 0.717) is 25.6 Å². The van der Waals surface area contributed by atoms with Crippen LogP contribution in [-0.4, -0.2) is 37.0 Å². The van der Waals surface area contributed by atoms with Gasteiger partial charge in [0.1, 0.15) is 5.75 Å². The summed E-state index contributed by atoms with van der Waals surface area (Å²) in [5, 5.41) is 3.08. The molecule has 1 atom stereocenters. The number of nitrogens with two attached hydrogens (primary N) is 1. The van der Waals surface area contributed by atoms with Gasteiger partial charge >= 0.3 is 0 Å². The molecule has 0 spiro atoms. The van der Waals surface area contributed by atoms with Crippen molar-refractivity contribution in [2.45, 2.75) is 44.7 Å². The summed E-state index contributed by atoms with van der Waals surface area (Å²) in [6.07, 6.45) is 7.45. The Balaban J connectivity index is 0.00000320. The standard InChI is InChI=1S/C31H35N3O2.HI/c1-34-16-3-2-4-29(34)18-22-7-12-28(13-8-22)33-31(35)26-15-17-36-30-14-11-25(19-27(30)20-26)24-9-5-23(21-32)6-10-24;/h5-14,19-20,29H,2-4,15-18,21,32H2,1H3,(H,33,35);1H. The van der Waals surface area contributed by atoms with Gasteiger partial charge < -0.3 is 20.7 Å². The van der Waals surface area contributed by atoms with Gasteiger partial charge in [-0.1, -0.05) is 48.9 Å². The van der Waals surface area contributed by atoms with Crippen LogP contribution >= 0.6 is 24.0 Å². The van der Waals surface area contributed by atoms with Crippen LogP contribution in [0, 0.1) is 0 Å². The summed E-state index contributed by atoms with van der Waals surface area (Å²) in [6.45, 7) is 2.19. The number of anilines is 1. The fourth-order valence-corrected chi connectivity index (χ4v) is 5.13. The highest BCUT2D eigenvalue weighted by molar-refractivity contribution is 14.0. The number of halogens is 1. The molecule has 37 heavy (non-hydrogen) atoms. The van der Waals surface area contributed by atoms with Crippen molar-refractivity contribution in [3.8, 4) is 16.9 Å². The third kappa shape index (κ3) is 6.80. The summed E-state index contributed by atoms with van der Waals surface area (Å²) >= 11 is 0. The molecule has 1 fully saturated rings. The number of carbonyl (C=O) groups is 1. The highest BCUT2D eigenvalue weighted by Gasteiger charge is 2.19. The average molecular weight is 610 g/mol. The van der Waals surface area contributed by atoms with Crippen molar-refractivity contribution in [1.82, 2.24) is 4.90 Å². The van der Waals surface area contributed by atoms with Crippen LogP contribution in [0.5, 0.6) is 5.75 Å². The van der Waals surface area contributed by atoms with Crippen LogP contribution in [0.3, 0.4) is 0 Å². The molecule has 2 aliphatic rings. The third-order valence-electron chi connectivity index (χ3n) is 7.39. The largest absolute Gasteiger partial charge is 0.493 e. The smallest absolute Gasteiger partial charge is 0.251 e. The second-order valence-corrected chi connectivity index (χ2v) is 9.91. The minimum atomic E-state index is -0.0797. The van der Waals surface area contributed by atoms with Gasteiger partial charge in [-0.05, 0) is 85.5 Å². The van der Waals surface area contributed by atoms with E-state index < -0.39 is 0 Å². The van der Waals surface area contributed by atoms with Crippen molar-refractivity contribution in [2.24, 2.45) is 5.73 Å². The lowest BCUT2D eigenvalue weighted by Gasteiger charge is -2.32. The van der Waals surface area contributed by atoms with E-state index in [4.69, 9.17) is 10.5 Å². The van der Waals surface area contributed by atoms with E-state index in [-0.39, 0.29) is 29.9 Å². The molecule has 0 aliphatic carbocycles. The molecule has 5 nitrogen and oxygen atoms in total. The van der Waals surface area contributed by atoms with Crippen molar-refractivity contribution in [1.29, 1.82) is 0 Å². The number of nitrogens with zero attached hydrogens (tertiary/aromatic N) is 1. The first-order valence-corrected chi connectivity index (χ1v) is 13.0. The first-order chi connectivity index (χ1) is 17.6. The molecule has 2 heterocycles. The number of likely N-dealkylation sites (tertiary alicyclic amines) is 1. The molecular formula is C31H36IN3O2. The van der Waals surface area contributed by atoms with Crippen molar-refractivity contribution in [2.75, 3.05) is 25.5 Å². The number of ether oxygens (including phenoxy) is 1. The quantitative estimate of drug-likeness (QED) is 0.324. The molecule has 0 radical (unpaired) electrons. The van der Waals surface area contributed by atoms with Gasteiger partial charge in [0, 0.05) is 35.8 Å². The molecule has 0 saturated carbocycles. The van der Waals surface area contributed by atoms with E-state index in [1.165, 1.54) is 31.4 Å². The van der Waals surface area contributed by atoms with Crippen LogP contribution in [0.25, 0.3) is 17.2 Å². The molecule has 3 N–H and O–H groups in total. The summed E-state index contributed by atoms with van der Waals surface area (Å²) in [6, 6.07) is 23.3. The Bertz CT molecular complexity index is 1240. The zero-order valence-corrected chi connectivity index (χ0v) is 23.7. The summed E-state index contributed by atoms with van der Waals surface area (Å²) in [7, 11) is 2.22. The Kier molecular flexibility index (Phi) is 9.40. The SMILES string of the molecule is CN1CCCCC1Cc1ccc(NC(=O)C2=Cc3cc(-c4ccc(CN)cc4)ccc3OCC2)cc1.I. The van der Waals surface area contributed by atoms with Gasteiger partial charge in [0.15, 0.2) is 0 Å². The number of likely N-dealkylation sites (N-methyl/N-ethyl adjacent to an activating group) is 1. The highest BCUT2D eigenvalue weighted by atomic mass is 127. The van der Waals surface area contributed by atoms with E-state index in [1.54, 1.807) is 0 Å². The van der Waals surface area contributed by atoms with Crippen molar-refractivity contribution < 1.29 is 9.53 Å². The number of benzene rings is 3. The molecule has 1 unspecified atom stereocenters. The lowest BCUT2D eigenvalue weighted by atomic mass is 9.96. The van der Waals surface area contributed by atoms with E-state index in [2.05, 4.69) is 53.7 Å². The monoisotopic (exact) mass is 609 g/mol. The zero-order valence-electron chi connectivity index (χ0n) is 21.4. The predicted molar refractivity (Wildman–Crippen MR) is 162 cm³/mol. The van der Waals surface area contributed by atoms with Crippen LogP contribution < -0.4 is 15.8 Å². The Morgan fingerprint density at radius 3 is 2.46 bits per heavy atom. The van der Waals surface area contributed by atoms with Crippen LogP contribution in [-0.2, 0) is 17.8 Å². The number of rotatable bonds is 6. The molecule has 6 heteroatoms. The Labute approximate surface area is 237 Å². The van der Waals surface area contributed by atoms with E-state index in [9.17, 15) is 4.79 Å². The van der Waals surface area contributed by atoms with Crippen molar-refractivity contribution in [3.05, 3.63) is 89.0 Å². The molecular weight excluding hydrogens is 573 g/mol. The number of fused-ring (bicyclic) bond motifs is 1. The van der Waals surface area contributed by atoms with Crippen LogP contribution in [0.15, 0.2) is 72.3 Å². The van der Waals surface area contributed by atoms with Crippen LogP contribution in [0.1, 0.15) is 42.4 Å². The zero-order chi connectivity index (χ0) is 24.9. The second-order valence-electron chi connectivity index (χ2n) is 9.91. The molecule has 0 bridgehead atoms.